The van der Waals surface area contributed by atoms with Crippen molar-refractivity contribution in [2.24, 2.45) is 0 Å². The van der Waals surface area contributed by atoms with Gasteiger partial charge in [0.15, 0.2) is 11.6 Å². The molecule has 82 valence electrons. The quantitative estimate of drug-likeness (QED) is 0.812. The second-order valence-electron chi connectivity index (χ2n) is 4.06. The highest BCUT2D eigenvalue weighted by Crippen LogP contribution is 2.35. The van der Waals surface area contributed by atoms with Crippen molar-refractivity contribution in [2.75, 3.05) is 7.11 Å². The minimum Gasteiger partial charge on any atom is -0.494 e. The van der Waals surface area contributed by atoms with Crippen LogP contribution in [0.25, 0.3) is 0 Å². The van der Waals surface area contributed by atoms with Gasteiger partial charge in [0.2, 0.25) is 0 Å². The van der Waals surface area contributed by atoms with E-state index in [-0.39, 0.29) is 17.7 Å². The van der Waals surface area contributed by atoms with Gasteiger partial charge in [-0.25, -0.2) is 4.39 Å². The van der Waals surface area contributed by atoms with Gasteiger partial charge in [-0.1, -0.05) is 6.07 Å². The molecule has 0 bridgehead atoms. The molecule has 0 spiro atoms. The Kier molecular flexibility index (Phi) is 2.91. The Bertz CT molecular complexity index is 351. The van der Waals surface area contributed by atoms with Crippen molar-refractivity contribution >= 4 is 0 Å². The minimum atomic E-state index is -0.323. The molecule has 15 heavy (non-hydrogen) atoms. The molecule has 0 aromatic heterocycles. The molecule has 1 aliphatic carbocycles. The fourth-order valence-corrected chi connectivity index (χ4v) is 2.20. The Morgan fingerprint density at radius 3 is 2.73 bits per heavy atom. The van der Waals surface area contributed by atoms with Crippen LogP contribution in [0.3, 0.4) is 0 Å². The monoisotopic (exact) mass is 210 g/mol. The van der Waals surface area contributed by atoms with E-state index in [9.17, 15) is 9.50 Å². The molecule has 3 heteroatoms. The molecule has 0 amide bonds. The van der Waals surface area contributed by atoms with Crippen LogP contribution in [0.1, 0.15) is 30.7 Å². The Balaban J connectivity index is 2.19. The van der Waals surface area contributed by atoms with E-state index in [4.69, 9.17) is 4.74 Å². The van der Waals surface area contributed by atoms with E-state index in [1.54, 1.807) is 6.07 Å². The summed E-state index contributed by atoms with van der Waals surface area (Å²) in [5, 5.41) is 9.41. The molecule has 1 saturated carbocycles. The SMILES string of the molecule is COc1ccc(C2CCC(O)C2)cc1F. The van der Waals surface area contributed by atoms with Crippen molar-refractivity contribution in [3.05, 3.63) is 29.6 Å². The highest BCUT2D eigenvalue weighted by atomic mass is 19.1. The first-order chi connectivity index (χ1) is 7.20. The highest BCUT2D eigenvalue weighted by molar-refractivity contribution is 5.31. The van der Waals surface area contributed by atoms with Gasteiger partial charge in [0.1, 0.15) is 0 Å². The van der Waals surface area contributed by atoms with Crippen molar-refractivity contribution in [3.8, 4) is 5.75 Å². The fourth-order valence-electron chi connectivity index (χ4n) is 2.20. The smallest absolute Gasteiger partial charge is 0.165 e. The summed E-state index contributed by atoms with van der Waals surface area (Å²) in [7, 11) is 1.46. The van der Waals surface area contributed by atoms with Crippen LogP contribution in [-0.2, 0) is 0 Å². The minimum absolute atomic E-state index is 0.222. The topological polar surface area (TPSA) is 29.5 Å². The summed E-state index contributed by atoms with van der Waals surface area (Å²) < 4.78 is 18.3. The van der Waals surface area contributed by atoms with Crippen molar-refractivity contribution in [1.29, 1.82) is 0 Å². The molecule has 2 unspecified atom stereocenters. The van der Waals surface area contributed by atoms with E-state index in [0.29, 0.717) is 5.92 Å². The van der Waals surface area contributed by atoms with E-state index in [1.807, 2.05) is 6.07 Å². The molecule has 0 radical (unpaired) electrons. The van der Waals surface area contributed by atoms with Crippen LogP contribution in [0.15, 0.2) is 18.2 Å². The lowest BCUT2D eigenvalue weighted by molar-refractivity contribution is 0.181. The van der Waals surface area contributed by atoms with Gasteiger partial charge in [0, 0.05) is 0 Å². The van der Waals surface area contributed by atoms with E-state index < -0.39 is 0 Å². The van der Waals surface area contributed by atoms with Gasteiger partial charge in [0.25, 0.3) is 0 Å². The number of hydrogen-bond acceptors (Lipinski definition) is 2. The van der Waals surface area contributed by atoms with Gasteiger partial charge >= 0.3 is 0 Å². The maximum absolute atomic E-state index is 13.4. The van der Waals surface area contributed by atoms with Crippen LogP contribution < -0.4 is 4.74 Å². The number of benzene rings is 1. The van der Waals surface area contributed by atoms with Crippen LogP contribution >= 0.6 is 0 Å². The predicted molar refractivity (Wildman–Crippen MR) is 55.6 cm³/mol. The third-order valence-electron chi connectivity index (χ3n) is 3.05. The summed E-state index contributed by atoms with van der Waals surface area (Å²) in [6, 6.07) is 5.04. The zero-order chi connectivity index (χ0) is 10.8. The number of halogens is 1. The molecule has 1 aromatic rings. The Hall–Kier alpha value is -1.09. The van der Waals surface area contributed by atoms with Gasteiger partial charge in [-0.3, -0.25) is 0 Å². The Morgan fingerprint density at radius 2 is 2.20 bits per heavy atom. The predicted octanol–water partition coefficient (Wildman–Crippen LogP) is 2.46. The van der Waals surface area contributed by atoms with E-state index in [2.05, 4.69) is 0 Å². The zero-order valence-corrected chi connectivity index (χ0v) is 8.74. The lowest BCUT2D eigenvalue weighted by Gasteiger charge is -2.11. The largest absolute Gasteiger partial charge is 0.494 e. The van der Waals surface area contributed by atoms with Gasteiger partial charge in [0.05, 0.1) is 13.2 Å². The maximum Gasteiger partial charge on any atom is 0.165 e. The average Bonchev–Trinajstić information content (AvgIpc) is 2.65. The molecule has 1 fully saturated rings. The van der Waals surface area contributed by atoms with Crippen molar-refractivity contribution < 1.29 is 14.2 Å². The zero-order valence-electron chi connectivity index (χ0n) is 8.74. The number of ether oxygens (including phenoxy) is 1. The molecule has 1 N–H and O–H groups in total. The van der Waals surface area contributed by atoms with Crippen molar-refractivity contribution in [2.45, 2.75) is 31.3 Å². The lowest BCUT2D eigenvalue weighted by Crippen LogP contribution is -2.00. The van der Waals surface area contributed by atoms with Gasteiger partial charge in [-0.2, -0.15) is 0 Å². The Labute approximate surface area is 88.7 Å². The van der Waals surface area contributed by atoms with Gasteiger partial charge < -0.3 is 9.84 Å². The normalized spacial score (nSPS) is 25.5. The molecule has 2 rings (SSSR count). The summed E-state index contributed by atoms with van der Waals surface area (Å²) in [6.07, 6.45) is 2.27. The number of aliphatic hydroxyl groups excluding tert-OH is 1. The molecule has 2 atom stereocenters. The Morgan fingerprint density at radius 1 is 1.40 bits per heavy atom. The molecule has 0 heterocycles. The molecule has 2 nitrogen and oxygen atoms in total. The standard InChI is InChI=1S/C12H15FO2/c1-15-12-5-3-9(7-11(12)13)8-2-4-10(14)6-8/h3,5,7-8,10,14H,2,4,6H2,1H3. The summed E-state index contributed by atoms with van der Waals surface area (Å²) in [5.74, 6) is 0.245. The molecular formula is C12H15FO2. The second kappa shape index (κ2) is 4.19. The number of aliphatic hydroxyl groups is 1. The molecule has 0 saturated heterocycles. The molecule has 1 aromatic carbocycles. The van der Waals surface area contributed by atoms with Crippen LogP contribution in [0, 0.1) is 5.82 Å². The van der Waals surface area contributed by atoms with E-state index in [1.165, 1.54) is 13.2 Å². The number of hydrogen-bond donors (Lipinski definition) is 1. The number of methoxy groups -OCH3 is 1. The van der Waals surface area contributed by atoms with Crippen LogP contribution in [0.2, 0.25) is 0 Å². The van der Waals surface area contributed by atoms with E-state index in [0.717, 1.165) is 24.8 Å². The van der Waals surface area contributed by atoms with Gasteiger partial charge in [-0.15, -0.1) is 0 Å². The first kappa shape index (κ1) is 10.4. The summed E-state index contributed by atoms with van der Waals surface area (Å²) in [4.78, 5) is 0. The average molecular weight is 210 g/mol. The third kappa shape index (κ3) is 2.12. The first-order valence-corrected chi connectivity index (χ1v) is 5.22. The fraction of sp³-hybridized carbons (Fsp3) is 0.500. The first-order valence-electron chi connectivity index (χ1n) is 5.22. The van der Waals surface area contributed by atoms with E-state index >= 15 is 0 Å². The lowest BCUT2D eigenvalue weighted by atomic mass is 9.97. The number of rotatable bonds is 2. The van der Waals surface area contributed by atoms with Crippen LogP contribution in [0.5, 0.6) is 5.75 Å². The van der Waals surface area contributed by atoms with Crippen LogP contribution in [-0.4, -0.2) is 18.3 Å². The van der Waals surface area contributed by atoms with Crippen LogP contribution in [0.4, 0.5) is 4.39 Å². The van der Waals surface area contributed by atoms with Gasteiger partial charge in [-0.05, 0) is 42.9 Å². The van der Waals surface area contributed by atoms with Crippen molar-refractivity contribution in [3.63, 3.8) is 0 Å². The molecular weight excluding hydrogens is 195 g/mol. The maximum atomic E-state index is 13.4. The van der Waals surface area contributed by atoms with Crippen molar-refractivity contribution in [1.82, 2.24) is 0 Å². The third-order valence-corrected chi connectivity index (χ3v) is 3.05. The highest BCUT2D eigenvalue weighted by Gasteiger charge is 2.24. The summed E-state index contributed by atoms with van der Waals surface area (Å²) in [6.45, 7) is 0. The summed E-state index contributed by atoms with van der Waals surface area (Å²) >= 11 is 0. The second-order valence-corrected chi connectivity index (χ2v) is 4.06. The summed E-state index contributed by atoms with van der Waals surface area (Å²) in [5.41, 5.74) is 0.963. The molecule has 1 aliphatic rings. The molecule has 0 aliphatic heterocycles.